The summed E-state index contributed by atoms with van der Waals surface area (Å²) in [5.74, 6) is -1.08. The summed E-state index contributed by atoms with van der Waals surface area (Å²) >= 11 is 13.2. The maximum Gasteiger partial charge on any atom is 0.415 e. The molecule has 0 radical (unpaired) electrons. The molecule has 5 aromatic rings. The van der Waals surface area contributed by atoms with Gasteiger partial charge in [-0.1, -0.05) is 65.7 Å². The van der Waals surface area contributed by atoms with Gasteiger partial charge in [0.25, 0.3) is 0 Å². The van der Waals surface area contributed by atoms with Crippen molar-refractivity contribution in [2.45, 2.75) is 37.8 Å². The number of carbonyl (C=O) groups excluding carboxylic acids is 1. The van der Waals surface area contributed by atoms with Crippen LogP contribution in [0.2, 0.25) is 10.0 Å². The third kappa shape index (κ3) is 8.26. The van der Waals surface area contributed by atoms with Gasteiger partial charge in [0, 0.05) is 22.8 Å². The molecule has 0 aliphatic carbocycles. The van der Waals surface area contributed by atoms with Crippen molar-refractivity contribution < 1.29 is 43.2 Å². The highest BCUT2D eigenvalue weighted by molar-refractivity contribution is 6.35. The van der Waals surface area contributed by atoms with E-state index in [1.54, 1.807) is 42.5 Å². The zero-order chi connectivity index (χ0) is 39.5. The highest BCUT2D eigenvalue weighted by atomic mass is 35.5. The van der Waals surface area contributed by atoms with Crippen molar-refractivity contribution in [2.24, 2.45) is 5.92 Å². The molecule has 8 rings (SSSR count). The number of amides is 1. The smallest absolute Gasteiger partial charge is 0.415 e. The van der Waals surface area contributed by atoms with Gasteiger partial charge in [0.2, 0.25) is 12.4 Å². The zero-order valence-electron chi connectivity index (χ0n) is 30.8. The molecule has 10 nitrogen and oxygen atoms in total. The van der Waals surface area contributed by atoms with E-state index in [4.69, 9.17) is 37.4 Å². The Balaban J connectivity index is 1.27. The number of nitrogens with zero attached hydrogens (tertiary/aromatic N) is 3. The Labute approximate surface area is 334 Å². The number of methoxy groups -OCH3 is 2. The number of ether oxygens (including phenoxy) is 3. The molecule has 1 aromatic heterocycles. The predicted molar refractivity (Wildman–Crippen MR) is 210 cm³/mol. The SMILES string of the molecule is COc1ccc([C@H](Cc2c(Cl)c[n+](O)cc2Cl)c2cc(-c3cccc(CN(C(=O)O[C@H]4CN5CCC4CC5)c4ccccc4F)c3)ccc2C(=O)O)cc1OC. The Kier molecular flexibility index (Phi) is 11.7. The highest BCUT2D eigenvalue weighted by Crippen LogP contribution is 2.40. The molecular formula is C43H41Cl2FN3O7+. The second-order valence-corrected chi connectivity index (χ2v) is 14.9. The molecule has 1 amide bonds. The van der Waals surface area contributed by atoms with E-state index in [9.17, 15) is 19.9 Å². The van der Waals surface area contributed by atoms with Gasteiger partial charge in [-0.25, -0.2) is 14.0 Å². The number of rotatable bonds is 12. The Hall–Kier alpha value is -5.36. The van der Waals surface area contributed by atoms with Crippen molar-refractivity contribution in [3.05, 3.63) is 141 Å². The number of anilines is 1. The Morgan fingerprint density at radius 2 is 1.62 bits per heavy atom. The van der Waals surface area contributed by atoms with E-state index in [1.807, 2.05) is 36.4 Å². The van der Waals surface area contributed by atoms with Crippen molar-refractivity contribution >= 4 is 41.0 Å². The lowest BCUT2D eigenvalue weighted by Crippen LogP contribution is -2.53. The molecule has 0 spiro atoms. The first-order valence-electron chi connectivity index (χ1n) is 18.2. The summed E-state index contributed by atoms with van der Waals surface area (Å²) in [6, 6.07) is 24.1. The fourth-order valence-electron chi connectivity index (χ4n) is 7.83. The zero-order valence-corrected chi connectivity index (χ0v) is 32.3. The minimum atomic E-state index is -1.13. The summed E-state index contributed by atoms with van der Waals surface area (Å²) in [6.45, 7) is 2.67. The summed E-state index contributed by atoms with van der Waals surface area (Å²) in [5, 5.41) is 20.9. The van der Waals surface area contributed by atoms with Crippen LogP contribution in [0.5, 0.6) is 11.5 Å². The van der Waals surface area contributed by atoms with Crippen molar-refractivity contribution in [3.8, 4) is 22.6 Å². The largest absolute Gasteiger partial charge is 0.493 e. The number of hydrogen-bond acceptors (Lipinski definition) is 7. The normalized spacial score (nSPS) is 17.9. The monoisotopic (exact) mass is 800 g/mol. The predicted octanol–water partition coefficient (Wildman–Crippen LogP) is 8.65. The molecule has 3 aliphatic heterocycles. The van der Waals surface area contributed by atoms with E-state index in [0.717, 1.165) is 36.2 Å². The molecule has 0 saturated carbocycles. The third-order valence-corrected chi connectivity index (χ3v) is 11.4. The van der Waals surface area contributed by atoms with Gasteiger partial charge in [0.1, 0.15) is 22.0 Å². The maximum atomic E-state index is 15.3. The van der Waals surface area contributed by atoms with Crippen LogP contribution in [0.4, 0.5) is 14.9 Å². The van der Waals surface area contributed by atoms with Gasteiger partial charge in [0.05, 0.1) is 32.0 Å². The molecular weight excluding hydrogens is 760 g/mol. The lowest BCUT2D eigenvalue weighted by Gasteiger charge is -2.44. The van der Waals surface area contributed by atoms with Gasteiger partial charge in [-0.05, 0) is 109 Å². The first-order chi connectivity index (χ1) is 27.0. The van der Waals surface area contributed by atoms with Crippen LogP contribution < -0.4 is 19.1 Å². The van der Waals surface area contributed by atoms with E-state index in [2.05, 4.69) is 4.90 Å². The van der Waals surface area contributed by atoms with Crippen LogP contribution in [0.15, 0.2) is 97.3 Å². The highest BCUT2D eigenvalue weighted by Gasteiger charge is 2.38. The number of aromatic carboxylic acids is 1. The fourth-order valence-corrected chi connectivity index (χ4v) is 8.44. The number of piperidine rings is 3. The van der Waals surface area contributed by atoms with Crippen LogP contribution in [0.25, 0.3) is 11.1 Å². The number of halogens is 3. The molecule has 290 valence electrons. The Morgan fingerprint density at radius 3 is 2.29 bits per heavy atom. The van der Waals surface area contributed by atoms with E-state index >= 15 is 4.39 Å². The van der Waals surface area contributed by atoms with Gasteiger partial charge in [-0.15, -0.1) is 0 Å². The van der Waals surface area contributed by atoms with Gasteiger partial charge in [-0.2, -0.15) is 0 Å². The van der Waals surface area contributed by atoms with Crippen LogP contribution in [0.3, 0.4) is 0 Å². The molecule has 2 bridgehead atoms. The number of hydrogen-bond donors (Lipinski definition) is 2. The molecule has 4 heterocycles. The molecule has 0 unspecified atom stereocenters. The topological polar surface area (TPSA) is 113 Å². The second-order valence-electron chi connectivity index (χ2n) is 14.1. The number of fused-ring (bicyclic) bond motifs is 3. The van der Waals surface area contributed by atoms with Gasteiger partial charge >= 0.3 is 12.1 Å². The van der Waals surface area contributed by atoms with Crippen LogP contribution in [-0.2, 0) is 17.7 Å². The van der Waals surface area contributed by atoms with Gasteiger partial charge in [0.15, 0.2) is 11.5 Å². The number of pyridine rings is 1. The average Bonchev–Trinajstić information content (AvgIpc) is 3.20. The molecule has 4 aromatic carbocycles. The molecule has 13 heteroatoms. The van der Waals surface area contributed by atoms with Crippen LogP contribution >= 0.6 is 23.2 Å². The van der Waals surface area contributed by atoms with Crippen molar-refractivity contribution in [1.82, 2.24) is 4.90 Å². The number of carbonyl (C=O) groups is 2. The molecule has 56 heavy (non-hydrogen) atoms. The molecule has 2 atom stereocenters. The van der Waals surface area contributed by atoms with Crippen LogP contribution in [0.1, 0.15) is 51.4 Å². The average molecular weight is 802 g/mol. The first kappa shape index (κ1) is 38.9. The van der Waals surface area contributed by atoms with E-state index < -0.39 is 23.8 Å². The number of aromatic nitrogens is 1. The lowest BCUT2D eigenvalue weighted by molar-refractivity contribution is -0.904. The maximum absolute atomic E-state index is 15.3. The summed E-state index contributed by atoms with van der Waals surface area (Å²) in [4.78, 5) is 30.3. The van der Waals surface area contributed by atoms with Crippen LogP contribution in [-0.4, -0.2) is 67.2 Å². The standard InChI is InChI=1S/C43H40Cl2FN3O7/c1-54-39-13-11-30(20-40(39)55-2)32(21-34-35(44)23-48(53)24-36(34)45)33-19-29(10-12-31(33)42(50)51)28-7-5-6-26(18-28)22-49(38-9-4-3-8-37(38)46)43(52)56-41-25-47-16-14-27(41)15-17-47/h3-13,18-20,23-24,27,32,41H,14-17,21-22,25H2,1-2H3,(H-,50,51,53)/p+1/t32-,41-/m0/s1. The van der Waals surface area contributed by atoms with E-state index in [0.29, 0.717) is 45.9 Å². The summed E-state index contributed by atoms with van der Waals surface area (Å²) in [5.41, 5.74) is 3.98. The quantitative estimate of drug-likeness (QED) is 0.0953. The second kappa shape index (κ2) is 16.8. The number of benzene rings is 4. The minimum absolute atomic E-state index is 0.0267. The first-order valence-corrected chi connectivity index (χ1v) is 19.0. The summed E-state index contributed by atoms with van der Waals surface area (Å²) in [7, 11) is 3.04. The van der Waals surface area contributed by atoms with E-state index in [1.165, 1.54) is 37.6 Å². The summed E-state index contributed by atoms with van der Waals surface area (Å²) in [6.07, 6.45) is 3.83. The Bertz CT molecular complexity index is 2240. The number of carboxylic acids is 1. The van der Waals surface area contributed by atoms with Crippen molar-refractivity contribution in [3.63, 3.8) is 0 Å². The molecule has 3 fully saturated rings. The molecule has 3 aliphatic rings. The molecule has 2 N–H and O–H groups in total. The molecule has 3 saturated heterocycles. The summed E-state index contributed by atoms with van der Waals surface area (Å²) < 4.78 is 33.2. The third-order valence-electron chi connectivity index (χ3n) is 10.8. The van der Waals surface area contributed by atoms with Gasteiger partial charge in [-0.3, -0.25) is 15.0 Å². The lowest BCUT2D eigenvalue weighted by atomic mass is 9.82. The number of para-hydroxylation sites is 1. The van der Waals surface area contributed by atoms with Crippen molar-refractivity contribution in [2.75, 3.05) is 38.8 Å². The Morgan fingerprint density at radius 1 is 0.911 bits per heavy atom. The van der Waals surface area contributed by atoms with Crippen molar-refractivity contribution in [1.29, 1.82) is 0 Å². The van der Waals surface area contributed by atoms with E-state index in [-0.39, 0.29) is 46.3 Å². The fraction of sp³-hybridized carbons (Fsp3) is 0.279. The minimum Gasteiger partial charge on any atom is -0.493 e. The van der Waals surface area contributed by atoms with Crippen LogP contribution in [0, 0.1) is 11.7 Å². The van der Waals surface area contributed by atoms with Gasteiger partial charge < -0.3 is 19.3 Å². The number of carboxylic acid groups (broad SMARTS) is 1.